The van der Waals surface area contributed by atoms with E-state index in [1.807, 2.05) is 13.8 Å². The Balaban J connectivity index is 2.01. The molecule has 0 aromatic carbocycles. The molecule has 118 valence electrons. The number of aryl methyl sites for hydroxylation is 3. The molecule has 9 heteroatoms. The van der Waals surface area contributed by atoms with E-state index in [-0.39, 0.29) is 18.0 Å². The van der Waals surface area contributed by atoms with Gasteiger partial charge >= 0.3 is 0 Å². The van der Waals surface area contributed by atoms with Gasteiger partial charge < -0.3 is 0 Å². The van der Waals surface area contributed by atoms with Crippen molar-refractivity contribution < 1.29 is 9.18 Å². The summed E-state index contributed by atoms with van der Waals surface area (Å²) in [4.78, 5) is 11.8. The van der Waals surface area contributed by atoms with E-state index < -0.39 is 5.95 Å². The number of rotatable bonds is 4. The van der Waals surface area contributed by atoms with Gasteiger partial charge in [0.25, 0.3) is 5.91 Å². The van der Waals surface area contributed by atoms with Gasteiger partial charge in [0, 0.05) is 7.05 Å². The van der Waals surface area contributed by atoms with Crippen molar-refractivity contribution in [3.8, 4) is 0 Å². The first-order valence-corrected chi connectivity index (χ1v) is 7.31. The molecule has 0 aliphatic heterocycles. The monoisotopic (exact) mass is 370 g/mol. The van der Waals surface area contributed by atoms with E-state index in [2.05, 4.69) is 36.7 Å². The van der Waals surface area contributed by atoms with Gasteiger partial charge in [-0.1, -0.05) is 0 Å². The van der Waals surface area contributed by atoms with E-state index in [0.717, 1.165) is 20.5 Å². The van der Waals surface area contributed by atoms with E-state index in [0.29, 0.717) is 5.69 Å². The molecule has 2 aromatic rings. The third-order valence-corrected chi connectivity index (χ3v) is 4.31. The van der Waals surface area contributed by atoms with Crippen LogP contribution in [0, 0.1) is 26.7 Å². The standard InChI is InChI=1S/C13H16BrFN6O/c1-7-10(13(15)20(4)18-7)5-16-17-11(22)6-21-9(3)12(14)8(2)19-21/h5H,6H2,1-4H3,(H,17,22). The maximum atomic E-state index is 13.7. The first-order chi connectivity index (χ1) is 10.3. The van der Waals surface area contributed by atoms with Crippen LogP contribution in [0.3, 0.4) is 0 Å². The number of nitrogens with zero attached hydrogens (tertiary/aromatic N) is 5. The lowest BCUT2D eigenvalue weighted by Gasteiger charge is -2.02. The summed E-state index contributed by atoms with van der Waals surface area (Å²) in [6, 6.07) is 0. The molecule has 7 nitrogen and oxygen atoms in total. The second kappa shape index (κ2) is 6.39. The summed E-state index contributed by atoms with van der Waals surface area (Å²) >= 11 is 3.40. The summed E-state index contributed by atoms with van der Waals surface area (Å²) in [6.45, 7) is 5.40. The van der Waals surface area contributed by atoms with E-state index in [9.17, 15) is 9.18 Å². The quantitative estimate of drug-likeness (QED) is 0.655. The minimum absolute atomic E-state index is 0.0319. The molecule has 2 heterocycles. The van der Waals surface area contributed by atoms with Crippen molar-refractivity contribution in [2.24, 2.45) is 12.1 Å². The Hall–Kier alpha value is -2.03. The van der Waals surface area contributed by atoms with Gasteiger partial charge in [-0.25, -0.2) is 10.1 Å². The minimum atomic E-state index is -0.502. The first-order valence-electron chi connectivity index (χ1n) is 6.51. The number of hydrogen-bond acceptors (Lipinski definition) is 4. The number of hydrazone groups is 1. The van der Waals surface area contributed by atoms with Crippen molar-refractivity contribution in [1.29, 1.82) is 0 Å². The minimum Gasteiger partial charge on any atom is -0.271 e. The average Bonchev–Trinajstić information content (AvgIpc) is 2.83. The largest absolute Gasteiger partial charge is 0.271 e. The van der Waals surface area contributed by atoms with Gasteiger partial charge in [0.15, 0.2) is 0 Å². The molecule has 2 aromatic heterocycles. The van der Waals surface area contributed by atoms with Crippen LogP contribution >= 0.6 is 15.9 Å². The highest BCUT2D eigenvalue weighted by Gasteiger charge is 2.12. The van der Waals surface area contributed by atoms with Gasteiger partial charge in [-0.3, -0.25) is 9.48 Å². The molecular weight excluding hydrogens is 355 g/mol. The van der Waals surface area contributed by atoms with E-state index in [1.165, 1.54) is 13.3 Å². The van der Waals surface area contributed by atoms with Gasteiger partial charge in [-0.15, -0.1) is 0 Å². The predicted molar refractivity (Wildman–Crippen MR) is 83.0 cm³/mol. The molecule has 0 saturated heterocycles. The number of nitrogens with one attached hydrogen (secondary N) is 1. The zero-order valence-electron chi connectivity index (χ0n) is 12.7. The molecule has 0 aliphatic rings. The number of amides is 1. The first kappa shape index (κ1) is 16.3. The summed E-state index contributed by atoms with van der Waals surface area (Å²) in [5.41, 5.74) is 4.76. The van der Waals surface area contributed by atoms with Crippen LogP contribution in [0.2, 0.25) is 0 Å². The van der Waals surface area contributed by atoms with Crippen molar-refractivity contribution in [2.45, 2.75) is 27.3 Å². The van der Waals surface area contributed by atoms with Crippen LogP contribution in [0.5, 0.6) is 0 Å². The SMILES string of the molecule is Cc1nn(CC(=O)NN=Cc2c(C)nn(C)c2F)c(C)c1Br. The number of hydrogen-bond donors (Lipinski definition) is 1. The Bertz CT molecular complexity index is 748. The maximum absolute atomic E-state index is 13.7. The molecule has 0 saturated carbocycles. The molecule has 0 aliphatic carbocycles. The lowest BCUT2D eigenvalue weighted by Crippen LogP contribution is -2.24. The zero-order chi connectivity index (χ0) is 16.4. The van der Waals surface area contributed by atoms with Crippen LogP contribution in [0.4, 0.5) is 4.39 Å². The van der Waals surface area contributed by atoms with Gasteiger partial charge in [0.1, 0.15) is 6.54 Å². The van der Waals surface area contributed by atoms with Crippen LogP contribution in [-0.4, -0.2) is 31.7 Å². The zero-order valence-corrected chi connectivity index (χ0v) is 14.3. The second-order valence-electron chi connectivity index (χ2n) is 4.85. The molecule has 0 atom stereocenters. The summed E-state index contributed by atoms with van der Waals surface area (Å²) < 4.78 is 17.2. The lowest BCUT2D eigenvalue weighted by atomic mass is 10.3. The van der Waals surface area contributed by atoms with E-state index in [1.54, 1.807) is 11.6 Å². The van der Waals surface area contributed by atoms with Crippen molar-refractivity contribution >= 4 is 28.1 Å². The smallest absolute Gasteiger partial charge is 0.261 e. The fraction of sp³-hybridized carbons (Fsp3) is 0.385. The summed E-state index contributed by atoms with van der Waals surface area (Å²) in [6.07, 6.45) is 1.24. The van der Waals surface area contributed by atoms with Crippen LogP contribution in [0.1, 0.15) is 22.6 Å². The van der Waals surface area contributed by atoms with Crippen LogP contribution < -0.4 is 5.43 Å². The third-order valence-electron chi connectivity index (χ3n) is 3.17. The molecule has 2 rings (SSSR count). The Morgan fingerprint density at radius 1 is 1.36 bits per heavy atom. The van der Waals surface area contributed by atoms with Crippen molar-refractivity contribution in [3.63, 3.8) is 0 Å². The summed E-state index contributed by atoms with van der Waals surface area (Å²) in [5, 5.41) is 11.9. The maximum Gasteiger partial charge on any atom is 0.261 e. The van der Waals surface area contributed by atoms with Gasteiger partial charge in [0.2, 0.25) is 5.95 Å². The highest BCUT2D eigenvalue weighted by Crippen LogP contribution is 2.19. The molecule has 1 N–H and O–H groups in total. The molecule has 1 amide bonds. The molecular formula is C13H16BrFN6O. The van der Waals surface area contributed by atoms with Crippen molar-refractivity contribution in [2.75, 3.05) is 0 Å². The summed E-state index contributed by atoms with van der Waals surface area (Å²) in [5.74, 6) is -0.853. The highest BCUT2D eigenvalue weighted by molar-refractivity contribution is 9.10. The molecule has 22 heavy (non-hydrogen) atoms. The number of carbonyl (C=O) groups is 1. The van der Waals surface area contributed by atoms with Crippen molar-refractivity contribution in [3.05, 3.63) is 33.1 Å². The molecule has 0 fully saturated rings. The average molecular weight is 371 g/mol. The number of aromatic nitrogens is 4. The molecule has 0 spiro atoms. The number of halogens is 2. The lowest BCUT2D eigenvalue weighted by molar-refractivity contribution is -0.121. The van der Waals surface area contributed by atoms with E-state index >= 15 is 0 Å². The molecule has 0 bridgehead atoms. The predicted octanol–water partition coefficient (Wildman–Crippen LogP) is 1.59. The van der Waals surface area contributed by atoms with Crippen LogP contribution in [0.25, 0.3) is 0 Å². The van der Waals surface area contributed by atoms with Crippen LogP contribution in [0.15, 0.2) is 9.57 Å². The van der Waals surface area contributed by atoms with Crippen molar-refractivity contribution in [1.82, 2.24) is 25.0 Å². The highest BCUT2D eigenvalue weighted by atomic mass is 79.9. The van der Waals surface area contributed by atoms with E-state index in [4.69, 9.17) is 0 Å². The topological polar surface area (TPSA) is 77.1 Å². The third kappa shape index (κ3) is 3.24. The Labute approximate surface area is 135 Å². The summed E-state index contributed by atoms with van der Waals surface area (Å²) in [7, 11) is 1.50. The number of carbonyl (C=O) groups excluding carboxylic acids is 1. The fourth-order valence-electron chi connectivity index (χ4n) is 1.96. The van der Waals surface area contributed by atoms with Gasteiger partial charge in [-0.05, 0) is 36.7 Å². The second-order valence-corrected chi connectivity index (χ2v) is 5.64. The Morgan fingerprint density at radius 2 is 2.05 bits per heavy atom. The Morgan fingerprint density at radius 3 is 2.55 bits per heavy atom. The fourth-order valence-corrected chi connectivity index (χ4v) is 2.25. The van der Waals surface area contributed by atoms with Gasteiger partial charge in [-0.2, -0.15) is 19.7 Å². The van der Waals surface area contributed by atoms with Crippen LogP contribution in [-0.2, 0) is 18.4 Å². The molecule has 0 radical (unpaired) electrons. The molecule has 0 unspecified atom stereocenters. The normalized spacial score (nSPS) is 11.4. The van der Waals surface area contributed by atoms with Gasteiger partial charge in [0.05, 0.1) is 33.3 Å². The Kier molecular flexibility index (Phi) is 4.74.